The van der Waals surface area contributed by atoms with Gasteiger partial charge in [-0.15, -0.1) is 0 Å². The van der Waals surface area contributed by atoms with Crippen molar-refractivity contribution in [2.24, 2.45) is 0 Å². The van der Waals surface area contributed by atoms with E-state index in [4.69, 9.17) is 5.10 Å². The minimum Gasteiger partial charge on any atom is -0.390 e. The first-order valence-electron chi connectivity index (χ1n) is 16.2. The maximum atomic E-state index is 14.5. The first kappa shape index (κ1) is 34.3. The zero-order chi connectivity index (χ0) is 33.8. The van der Waals surface area contributed by atoms with Gasteiger partial charge in [-0.1, -0.05) is 81.5 Å². The van der Waals surface area contributed by atoms with Crippen LogP contribution in [0, 0.1) is 0 Å². The molecule has 4 aromatic rings. The van der Waals surface area contributed by atoms with Crippen LogP contribution in [0.4, 0.5) is 0 Å². The van der Waals surface area contributed by atoms with Crippen molar-refractivity contribution in [2.45, 2.75) is 71.4 Å². The van der Waals surface area contributed by atoms with Gasteiger partial charge in [0.1, 0.15) is 0 Å². The molecule has 248 valence electrons. The van der Waals surface area contributed by atoms with E-state index in [9.17, 15) is 23.1 Å². The number of carbonyl (C=O) groups is 2. The van der Waals surface area contributed by atoms with Gasteiger partial charge in [-0.05, 0) is 66.3 Å². The topological polar surface area (TPSA) is 122 Å². The van der Waals surface area contributed by atoms with Crippen molar-refractivity contribution in [2.75, 3.05) is 12.3 Å². The third kappa shape index (κ3) is 8.09. The van der Waals surface area contributed by atoms with E-state index in [-0.39, 0.29) is 29.4 Å². The number of rotatable bonds is 12. The second-order valence-corrected chi connectivity index (χ2v) is 20.8. The van der Waals surface area contributed by atoms with Crippen LogP contribution in [0.25, 0.3) is 16.8 Å². The van der Waals surface area contributed by atoms with Crippen LogP contribution in [0.5, 0.6) is 0 Å². The van der Waals surface area contributed by atoms with Crippen LogP contribution in [-0.4, -0.2) is 60.4 Å². The molecule has 0 saturated heterocycles. The van der Waals surface area contributed by atoms with Gasteiger partial charge in [0.25, 0.3) is 11.8 Å². The first-order chi connectivity index (χ1) is 22.4. The fourth-order valence-corrected chi connectivity index (χ4v) is 9.92. The Kier molecular flexibility index (Phi) is 10.5. The lowest BCUT2D eigenvalue weighted by atomic mass is 9.92. The van der Waals surface area contributed by atoms with Gasteiger partial charge in [0.2, 0.25) is 10.0 Å². The average molecular weight is 673 g/mol. The highest BCUT2D eigenvalue weighted by Gasteiger charge is 2.29. The average Bonchev–Trinajstić information content (AvgIpc) is 3.43. The molecule has 1 aromatic heterocycles. The zero-order valence-electron chi connectivity index (χ0n) is 27.6. The van der Waals surface area contributed by atoms with Gasteiger partial charge in [-0.2, -0.15) is 5.10 Å². The van der Waals surface area contributed by atoms with Gasteiger partial charge in [0.15, 0.2) is 0 Å². The summed E-state index contributed by atoms with van der Waals surface area (Å²) < 4.78 is 29.8. The molecule has 1 aliphatic heterocycles. The minimum absolute atomic E-state index is 0.0715. The van der Waals surface area contributed by atoms with E-state index < -0.39 is 24.0 Å². The summed E-state index contributed by atoms with van der Waals surface area (Å²) >= 11 is 0. The van der Waals surface area contributed by atoms with Crippen molar-refractivity contribution in [3.8, 4) is 16.8 Å². The van der Waals surface area contributed by atoms with E-state index in [1.807, 2.05) is 53.2 Å². The van der Waals surface area contributed by atoms with Crippen molar-refractivity contribution in [1.29, 1.82) is 0 Å². The highest BCUT2D eigenvalue weighted by atomic mass is 32.2. The number of para-hydroxylation sites is 1. The summed E-state index contributed by atoms with van der Waals surface area (Å²) in [5.74, 6) is -1.19. The van der Waals surface area contributed by atoms with Gasteiger partial charge in [0.05, 0.1) is 29.4 Å². The Balaban J connectivity index is 1.62. The summed E-state index contributed by atoms with van der Waals surface area (Å²) in [5, 5.41) is 15.4. The van der Waals surface area contributed by atoms with Gasteiger partial charge in [0, 0.05) is 37.9 Å². The lowest BCUT2D eigenvalue weighted by Gasteiger charge is -2.30. The largest absolute Gasteiger partial charge is 0.390 e. The summed E-state index contributed by atoms with van der Waals surface area (Å²) in [6.07, 6.45) is 3.13. The number of hydrogen-bond donors (Lipinski definition) is 2. The first-order valence-corrected chi connectivity index (χ1v) is 21.6. The molecule has 9 nitrogen and oxygen atoms in total. The molecule has 2 heterocycles. The van der Waals surface area contributed by atoms with Crippen LogP contribution in [0.2, 0.25) is 25.7 Å². The fraction of sp³-hybridized carbons (Fsp3) is 0.361. The molecule has 0 aliphatic carbocycles. The molecule has 0 atom stereocenters. The predicted octanol–water partition coefficient (Wildman–Crippen LogP) is 5.97. The lowest BCUT2D eigenvalue weighted by molar-refractivity contribution is 0.0735. The molecule has 5 rings (SSSR count). The van der Waals surface area contributed by atoms with Crippen LogP contribution in [0.15, 0.2) is 72.8 Å². The minimum atomic E-state index is -3.87. The Morgan fingerprint density at radius 1 is 0.979 bits per heavy atom. The van der Waals surface area contributed by atoms with E-state index in [2.05, 4.69) is 37.4 Å². The molecule has 2 amide bonds. The number of amides is 2. The number of carbonyl (C=O) groups excluding carboxylic acids is 2. The van der Waals surface area contributed by atoms with Crippen molar-refractivity contribution in [3.63, 3.8) is 0 Å². The Bertz CT molecular complexity index is 1870. The van der Waals surface area contributed by atoms with Crippen molar-refractivity contribution < 1.29 is 23.1 Å². The molecule has 0 unspecified atom stereocenters. The molecule has 0 saturated carbocycles. The number of hydrogen-bond acceptors (Lipinski definition) is 6. The van der Waals surface area contributed by atoms with Gasteiger partial charge in [-0.25, -0.2) is 17.8 Å². The van der Waals surface area contributed by atoms with E-state index in [1.165, 1.54) is 11.6 Å². The number of benzene rings is 3. The number of sulfonamides is 1. The number of nitrogens with zero attached hydrogens (tertiary/aromatic N) is 3. The van der Waals surface area contributed by atoms with E-state index >= 15 is 0 Å². The summed E-state index contributed by atoms with van der Waals surface area (Å²) in [7, 11) is -5.54. The summed E-state index contributed by atoms with van der Waals surface area (Å²) in [4.78, 5) is 29.6. The molecular weight excluding hydrogens is 629 g/mol. The Labute approximate surface area is 278 Å². The van der Waals surface area contributed by atoms with Crippen LogP contribution >= 0.6 is 0 Å². The van der Waals surface area contributed by atoms with Crippen LogP contribution < -0.4 is 4.72 Å². The second kappa shape index (κ2) is 14.4. The number of fused-ring (bicyclic) bond motifs is 1. The smallest absolute Gasteiger partial charge is 0.264 e. The van der Waals surface area contributed by atoms with E-state index in [0.717, 1.165) is 29.8 Å². The molecule has 0 spiro atoms. The number of unbranched alkanes of at least 4 members (excludes halogenated alkanes) is 1. The van der Waals surface area contributed by atoms with Crippen LogP contribution in [0.3, 0.4) is 0 Å². The highest BCUT2D eigenvalue weighted by molar-refractivity contribution is 7.90. The molecule has 0 radical (unpaired) electrons. The van der Waals surface area contributed by atoms with Crippen molar-refractivity contribution in [3.05, 3.63) is 106 Å². The maximum absolute atomic E-state index is 14.5. The van der Waals surface area contributed by atoms with Crippen LogP contribution in [-0.2, 0) is 36.0 Å². The maximum Gasteiger partial charge on any atom is 0.264 e. The van der Waals surface area contributed by atoms with E-state index in [0.29, 0.717) is 48.8 Å². The normalized spacial score (nSPS) is 13.3. The van der Waals surface area contributed by atoms with Gasteiger partial charge < -0.3 is 10.0 Å². The van der Waals surface area contributed by atoms with Crippen molar-refractivity contribution in [1.82, 2.24) is 19.4 Å². The monoisotopic (exact) mass is 672 g/mol. The predicted molar refractivity (Wildman–Crippen MR) is 188 cm³/mol. The zero-order valence-corrected chi connectivity index (χ0v) is 29.4. The van der Waals surface area contributed by atoms with Crippen LogP contribution in [0.1, 0.15) is 63.0 Å². The SMILES string of the molecule is CCCCc1c(-c2ccc(C(=O)NS(=O)(=O)CC[Si](C)(C)C)cc2C(=O)N2CCc3ccccc3C2)c(CO)nn1-c1ccccc1. The summed E-state index contributed by atoms with van der Waals surface area (Å²) in [6, 6.07) is 22.9. The molecule has 2 N–H and O–H groups in total. The molecule has 11 heteroatoms. The van der Waals surface area contributed by atoms with Gasteiger partial charge >= 0.3 is 0 Å². The molecule has 0 bridgehead atoms. The number of nitrogens with one attached hydrogen (secondary N) is 1. The second-order valence-electron chi connectivity index (χ2n) is 13.3. The van der Waals surface area contributed by atoms with Gasteiger partial charge in [-0.3, -0.25) is 9.59 Å². The third-order valence-electron chi connectivity index (χ3n) is 8.54. The van der Waals surface area contributed by atoms with Crippen molar-refractivity contribution >= 4 is 29.9 Å². The lowest BCUT2D eigenvalue weighted by Crippen LogP contribution is -2.37. The summed E-state index contributed by atoms with van der Waals surface area (Å²) in [6.45, 7) is 8.89. The third-order valence-corrected chi connectivity index (χ3v) is 11.9. The molecule has 1 aliphatic rings. The molecule has 3 aromatic carbocycles. The molecule has 0 fully saturated rings. The number of aliphatic hydroxyl groups excluding tert-OH is 1. The highest BCUT2D eigenvalue weighted by Crippen LogP contribution is 2.35. The Morgan fingerprint density at radius 2 is 1.68 bits per heavy atom. The number of aromatic nitrogens is 2. The summed E-state index contributed by atoms with van der Waals surface area (Å²) in [5.41, 5.74) is 5.90. The number of aliphatic hydroxyl groups is 1. The van der Waals surface area contributed by atoms with E-state index in [1.54, 1.807) is 17.0 Å². The molecule has 47 heavy (non-hydrogen) atoms. The Hall–Kier alpha value is -4.06. The molecular formula is C36H44N4O5SSi. The fourth-order valence-electron chi connectivity index (χ4n) is 5.89. The quantitative estimate of drug-likeness (QED) is 0.179. The Morgan fingerprint density at radius 3 is 2.36 bits per heavy atom. The standard InChI is InChI=1S/C36H44N4O5SSi/c1-5-6-16-33-34(32(25-41)37-40(33)29-14-8-7-9-15-29)30-18-17-27(35(42)38-46(44,45)21-22-47(2,3)4)23-31(30)36(43)39-20-19-26-12-10-11-13-28(26)24-39/h7-15,17-18,23,41H,5-6,16,19-22,24-25H2,1-4H3,(H,38,42).